The second kappa shape index (κ2) is 12.9. The highest BCUT2D eigenvalue weighted by Crippen LogP contribution is 1.90. The normalized spacial score (nSPS) is 9.23. The molecule has 4 heteroatoms. The molecule has 0 aliphatic heterocycles. The molecular weight excluding hydrogens is 296 g/mol. The molecule has 0 aliphatic rings. The summed E-state index contributed by atoms with van der Waals surface area (Å²) in [5.41, 5.74) is 0. The van der Waals surface area contributed by atoms with Gasteiger partial charge in [-0.05, 0) is 6.42 Å². The first kappa shape index (κ1) is 23.6. The fraction of sp³-hybridized carbons (Fsp3) is 1.00. The molecule has 0 amide bonds. The quantitative estimate of drug-likeness (QED) is 0.483. The van der Waals surface area contributed by atoms with Crippen molar-refractivity contribution in [3.8, 4) is 0 Å². The van der Waals surface area contributed by atoms with Crippen LogP contribution in [-0.2, 0) is 0 Å². The van der Waals surface area contributed by atoms with Crippen molar-refractivity contribution in [3.63, 3.8) is 0 Å². The second-order valence-corrected chi connectivity index (χ2v) is 4.51. The smallest absolute Gasteiger partial charge is 0.0777 e. The minimum absolute atomic E-state index is 0. The number of quaternary nitrogens is 2. The van der Waals surface area contributed by atoms with E-state index in [0.717, 1.165) is 4.48 Å². The van der Waals surface area contributed by atoms with Crippen LogP contribution in [0.2, 0.25) is 0 Å². The van der Waals surface area contributed by atoms with Crippen LogP contribution in [0, 0.1) is 0 Å². The molecular formula is C9H26Br2N2. The molecule has 0 aromatic heterocycles. The summed E-state index contributed by atoms with van der Waals surface area (Å²) in [6.45, 7) is 3.49. The first-order valence-electron chi connectivity index (χ1n) is 4.36. The van der Waals surface area contributed by atoms with Crippen LogP contribution >= 0.6 is 0 Å². The molecule has 0 rings (SSSR count). The molecule has 86 valence electrons. The van der Waals surface area contributed by atoms with E-state index in [0.29, 0.717) is 0 Å². The molecule has 0 bridgehead atoms. The molecule has 0 aromatic carbocycles. The van der Waals surface area contributed by atoms with Gasteiger partial charge in [-0.1, -0.05) is 6.92 Å². The van der Waals surface area contributed by atoms with E-state index in [1.54, 1.807) is 0 Å². The van der Waals surface area contributed by atoms with E-state index in [9.17, 15) is 0 Å². The van der Waals surface area contributed by atoms with Crippen LogP contribution in [0.1, 0.15) is 13.3 Å². The lowest BCUT2D eigenvalue weighted by Crippen LogP contribution is -3.02. The zero-order chi connectivity index (χ0) is 9.49. The molecule has 0 fully saturated rings. The average molecular weight is 322 g/mol. The highest BCUT2D eigenvalue weighted by molar-refractivity contribution is 4.20. The predicted molar refractivity (Wildman–Crippen MR) is 51.9 cm³/mol. The fourth-order valence-electron chi connectivity index (χ4n) is 0.671. The monoisotopic (exact) mass is 320 g/mol. The van der Waals surface area contributed by atoms with E-state index in [1.165, 1.54) is 17.9 Å². The van der Waals surface area contributed by atoms with Gasteiger partial charge in [0.1, 0.15) is 0 Å². The Morgan fingerprint density at radius 1 is 0.923 bits per heavy atom. The SMILES string of the molecule is CCC[N+](C)(C)C.C[NH+](C)C.[Br-].[Br-]. The van der Waals surface area contributed by atoms with Crippen LogP contribution < -0.4 is 38.9 Å². The van der Waals surface area contributed by atoms with Gasteiger partial charge in [0.2, 0.25) is 0 Å². The molecule has 0 aliphatic carbocycles. The fourth-order valence-corrected chi connectivity index (χ4v) is 0.671. The summed E-state index contributed by atoms with van der Waals surface area (Å²) >= 11 is 0. The molecule has 2 nitrogen and oxygen atoms in total. The highest BCUT2D eigenvalue weighted by atomic mass is 79.9. The topological polar surface area (TPSA) is 4.44 Å². The van der Waals surface area contributed by atoms with Crippen LogP contribution in [0.4, 0.5) is 0 Å². The minimum Gasteiger partial charge on any atom is -1.00 e. The van der Waals surface area contributed by atoms with Crippen LogP contribution in [0.25, 0.3) is 0 Å². The predicted octanol–water partition coefficient (Wildman–Crippen LogP) is -6.13. The van der Waals surface area contributed by atoms with Gasteiger partial charge >= 0.3 is 0 Å². The van der Waals surface area contributed by atoms with E-state index >= 15 is 0 Å². The van der Waals surface area contributed by atoms with E-state index < -0.39 is 0 Å². The lowest BCUT2D eigenvalue weighted by Gasteiger charge is -2.22. The molecule has 0 heterocycles. The van der Waals surface area contributed by atoms with Gasteiger partial charge in [0.15, 0.2) is 0 Å². The van der Waals surface area contributed by atoms with Gasteiger partial charge in [-0.15, -0.1) is 0 Å². The summed E-state index contributed by atoms with van der Waals surface area (Å²) in [6.07, 6.45) is 1.28. The zero-order valence-corrected chi connectivity index (χ0v) is 13.3. The third kappa shape index (κ3) is 64.0. The van der Waals surface area contributed by atoms with Crippen LogP contribution in [0.3, 0.4) is 0 Å². The maximum Gasteiger partial charge on any atom is 0.0777 e. The van der Waals surface area contributed by atoms with Crippen molar-refractivity contribution in [2.24, 2.45) is 0 Å². The molecule has 0 spiro atoms. The summed E-state index contributed by atoms with van der Waals surface area (Å²) in [7, 11) is 12.9. The van der Waals surface area contributed by atoms with Crippen molar-refractivity contribution in [1.82, 2.24) is 0 Å². The Bertz CT molecular complexity index is 77.4. The van der Waals surface area contributed by atoms with E-state index in [-0.39, 0.29) is 34.0 Å². The van der Waals surface area contributed by atoms with Crippen molar-refractivity contribution in [1.29, 1.82) is 0 Å². The Kier molecular flexibility index (Phi) is 23.4. The van der Waals surface area contributed by atoms with Crippen molar-refractivity contribution < 1.29 is 43.3 Å². The van der Waals surface area contributed by atoms with Crippen molar-refractivity contribution >= 4 is 0 Å². The molecule has 0 aromatic rings. The van der Waals surface area contributed by atoms with Gasteiger partial charge in [0.05, 0.1) is 48.8 Å². The average Bonchev–Trinajstić information content (AvgIpc) is 1.58. The molecule has 0 saturated carbocycles. The van der Waals surface area contributed by atoms with Crippen molar-refractivity contribution in [2.75, 3.05) is 48.8 Å². The Morgan fingerprint density at radius 3 is 1.15 bits per heavy atom. The van der Waals surface area contributed by atoms with Crippen LogP contribution in [0.5, 0.6) is 0 Å². The van der Waals surface area contributed by atoms with Crippen LogP contribution in [-0.4, -0.2) is 53.3 Å². The molecule has 0 unspecified atom stereocenters. The molecule has 13 heavy (non-hydrogen) atoms. The summed E-state index contributed by atoms with van der Waals surface area (Å²) in [5.74, 6) is 0. The lowest BCUT2D eigenvalue weighted by atomic mass is 10.4. The second-order valence-electron chi connectivity index (χ2n) is 4.51. The Morgan fingerprint density at radius 2 is 1.15 bits per heavy atom. The van der Waals surface area contributed by atoms with E-state index in [1.807, 2.05) is 0 Å². The van der Waals surface area contributed by atoms with Gasteiger partial charge in [0, 0.05) is 0 Å². The number of rotatable bonds is 2. The molecule has 0 atom stereocenters. The number of hydrogen-bond donors (Lipinski definition) is 1. The van der Waals surface area contributed by atoms with E-state index in [2.05, 4.69) is 49.2 Å². The Balaban J connectivity index is -0.0000000600. The summed E-state index contributed by atoms with van der Waals surface area (Å²) < 4.78 is 1.09. The van der Waals surface area contributed by atoms with Gasteiger partial charge in [-0.2, -0.15) is 0 Å². The van der Waals surface area contributed by atoms with Gasteiger partial charge in [0.25, 0.3) is 0 Å². The third-order valence-electron chi connectivity index (χ3n) is 0.894. The minimum atomic E-state index is 0. The van der Waals surface area contributed by atoms with Crippen molar-refractivity contribution in [3.05, 3.63) is 0 Å². The molecule has 1 N–H and O–H groups in total. The number of hydrogen-bond acceptors (Lipinski definition) is 0. The first-order valence-corrected chi connectivity index (χ1v) is 4.36. The highest BCUT2D eigenvalue weighted by Gasteiger charge is 2.01. The van der Waals surface area contributed by atoms with Gasteiger partial charge in [-0.25, -0.2) is 0 Å². The zero-order valence-electron chi connectivity index (χ0n) is 10.1. The first-order chi connectivity index (χ1) is 4.79. The maximum absolute atomic E-state index is 2.21. The Labute approximate surface area is 105 Å². The number of halogens is 2. The van der Waals surface area contributed by atoms with Crippen LogP contribution in [0.15, 0.2) is 0 Å². The summed E-state index contributed by atoms with van der Waals surface area (Å²) in [6, 6.07) is 0. The molecule has 0 saturated heterocycles. The molecule has 0 radical (unpaired) electrons. The summed E-state index contributed by atoms with van der Waals surface area (Å²) in [4.78, 5) is 1.42. The van der Waals surface area contributed by atoms with Crippen molar-refractivity contribution in [2.45, 2.75) is 13.3 Å². The largest absolute Gasteiger partial charge is 1.00 e. The van der Waals surface area contributed by atoms with Gasteiger partial charge < -0.3 is 43.3 Å². The van der Waals surface area contributed by atoms with Gasteiger partial charge in [-0.3, -0.25) is 0 Å². The number of nitrogens with one attached hydrogen (secondary N) is 1. The third-order valence-corrected chi connectivity index (χ3v) is 0.894. The summed E-state index contributed by atoms with van der Waals surface area (Å²) in [5, 5.41) is 0. The standard InChI is InChI=1S/C6H16N.C3H9N.2BrH/c1-5-6-7(2,3)4;1-4(2)3;;/h5-6H2,1-4H3;1-3H3;2*1H/q+1;;;/p-1. The Hall–Kier alpha value is 0.880. The van der Waals surface area contributed by atoms with E-state index in [4.69, 9.17) is 0 Å². The lowest BCUT2D eigenvalue weighted by molar-refractivity contribution is -0.870. The number of nitrogens with zero attached hydrogens (tertiary/aromatic N) is 1. The maximum atomic E-state index is 2.21.